The first-order chi connectivity index (χ1) is 19.1. The fourth-order valence-corrected chi connectivity index (χ4v) is 6.57. The van der Waals surface area contributed by atoms with Crippen molar-refractivity contribution >= 4 is 38.7 Å². The van der Waals surface area contributed by atoms with Crippen LogP contribution >= 0.6 is 11.3 Å². The van der Waals surface area contributed by atoms with Crippen LogP contribution in [0.1, 0.15) is 43.0 Å². The van der Waals surface area contributed by atoms with E-state index in [2.05, 4.69) is 84.4 Å². The predicted octanol–water partition coefficient (Wildman–Crippen LogP) is 8.44. The van der Waals surface area contributed by atoms with Gasteiger partial charge in [-0.3, -0.25) is 10.1 Å². The molecule has 4 heterocycles. The normalized spacial score (nSPS) is 15.1. The van der Waals surface area contributed by atoms with Gasteiger partial charge in [0.2, 0.25) is 0 Å². The van der Waals surface area contributed by atoms with E-state index in [1.54, 1.807) is 11.3 Å². The lowest BCUT2D eigenvalue weighted by Gasteiger charge is -2.12. The first-order valence-electron chi connectivity index (χ1n) is 13.9. The summed E-state index contributed by atoms with van der Waals surface area (Å²) in [4.78, 5) is 10.8. The van der Waals surface area contributed by atoms with Crippen LogP contribution in [0.4, 0.5) is 0 Å². The SMILES string of the molecule is C=C/C(=C\C(=C/C)c1ccc2[nH]nc(-c3cc4c(-c5ccc(C)s5)nccc4[nH]3)c2c1)CNCC1CCCC1. The Kier molecular flexibility index (Phi) is 7.31. The number of nitrogens with zero attached hydrogens (tertiary/aromatic N) is 2. The van der Waals surface area contributed by atoms with E-state index in [1.807, 2.05) is 18.3 Å². The average Bonchev–Trinajstić information content (AvgIpc) is 3.76. The lowest BCUT2D eigenvalue weighted by molar-refractivity contribution is 0.503. The number of aryl methyl sites for hydroxylation is 1. The molecule has 1 aliphatic rings. The van der Waals surface area contributed by atoms with E-state index >= 15 is 0 Å². The van der Waals surface area contributed by atoms with Gasteiger partial charge in [0.05, 0.1) is 21.8 Å². The van der Waals surface area contributed by atoms with Crippen LogP contribution in [-0.4, -0.2) is 33.3 Å². The van der Waals surface area contributed by atoms with Crippen LogP contribution in [-0.2, 0) is 0 Å². The number of pyridine rings is 1. The largest absolute Gasteiger partial charge is 0.353 e. The van der Waals surface area contributed by atoms with Crippen LogP contribution in [0.15, 0.2) is 79.0 Å². The van der Waals surface area contributed by atoms with Gasteiger partial charge in [0.15, 0.2) is 0 Å². The minimum absolute atomic E-state index is 0.824. The van der Waals surface area contributed by atoms with Gasteiger partial charge in [-0.05, 0) is 92.3 Å². The number of fused-ring (bicyclic) bond motifs is 2. The number of thiophene rings is 1. The molecule has 5 aromatic rings. The number of allylic oxidation sites excluding steroid dienone is 3. The van der Waals surface area contributed by atoms with Crippen molar-refractivity contribution in [3.63, 3.8) is 0 Å². The molecule has 0 radical (unpaired) electrons. The zero-order valence-electron chi connectivity index (χ0n) is 22.7. The summed E-state index contributed by atoms with van der Waals surface area (Å²) in [5, 5.41) is 13.8. The highest BCUT2D eigenvalue weighted by molar-refractivity contribution is 7.15. The van der Waals surface area contributed by atoms with Crippen molar-refractivity contribution in [3.8, 4) is 22.0 Å². The molecule has 0 unspecified atom stereocenters. The summed E-state index contributed by atoms with van der Waals surface area (Å²) in [7, 11) is 0. The Morgan fingerprint density at radius 2 is 1.92 bits per heavy atom. The fourth-order valence-electron chi connectivity index (χ4n) is 5.69. The highest BCUT2D eigenvalue weighted by atomic mass is 32.1. The maximum atomic E-state index is 4.71. The summed E-state index contributed by atoms with van der Waals surface area (Å²) in [6.45, 7) is 10.2. The van der Waals surface area contributed by atoms with Crippen molar-refractivity contribution in [2.75, 3.05) is 13.1 Å². The van der Waals surface area contributed by atoms with Crippen molar-refractivity contribution in [1.29, 1.82) is 0 Å². The zero-order valence-corrected chi connectivity index (χ0v) is 23.5. The Bertz CT molecular complexity index is 1690. The second-order valence-electron chi connectivity index (χ2n) is 10.5. The van der Waals surface area contributed by atoms with Crippen molar-refractivity contribution < 1.29 is 0 Å². The molecule has 1 aromatic carbocycles. The topological polar surface area (TPSA) is 69.4 Å². The number of rotatable bonds is 9. The smallest absolute Gasteiger partial charge is 0.116 e. The van der Waals surface area contributed by atoms with Gasteiger partial charge in [0.1, 0.15) is 5.69 Å². The van der Waals surface area contributed by atoms with Gasteiger partial charge in [-0.2, -0.15) is 5.10 Å². The summed E-state index contributed by atoms with van der Waals surface area (Å²) in [6.07, 6.45) is 13.7. The van der Waals surface area contributed by atoms with Crippen molar-refractivity contribution in [1.82, 2.24) is 25.5 Å². The third-order valence-corrected chi connectivity index (χ3v) is 8.83. The van der Waals surface area contributed by atoms with Crippen molar-refractivity contribution in [2.45, 2.75) is 39.5 Å². The number of hydrogen-bond donors (Lipinski definition) is 3. The maximum Gasteiger partial charge on any atom is 0.116 e. The molecular weight excluding hydrogens is 498 g/mol. The lowest BCUT2D eigenvalue weighted by atomic mass is 10.00. The molecule has 0 saturated heterocycles. The van der Waals surface area contributed by atoms with E-state index in [0.29, 0.717) is 0 Å². The summed E-state index contributed by atoms with van der Waals surface area (Å²) < 4.78 is 0. The van der Waals surface area contributed by atoms with Crippen molar-refractivity contribution in [3.05, 3.63) is 89.5 Å². The molecule has 5 nitrogen and oxygen atoms in total. The summed E-state index contributed by atoms with van der Waals surface area (Å²) in [6, 6.07) is 15.0. The summed E-state index contributed by atoms with van der Waals surface area (Å²) in [5.41, 5.74) is 8.52. The van der Waals surface area contributed by atoms with Crippen LogP contribution in [0.25, 0.3) is 49.3 Å². The third kappa shape index (κ3) is 5.27. The Hall–Kier alpha value is -3.74. The molecule has 1 aliphatic carbocycles. The van der Waals surface area contributed by atoms with E-state index in [4.69, 9.17) is 10.1 Å². The third-order valence-electron chi connectivity index (χ3n) is 7.82. The van der Waals surface area contributed by atoms with Crippen LogP contribution in [0.2, 0.25) is 0 Å². The van der Waals surface area contributed by atoms with Gasteiger partial charge < -0.3 is 10.3 Å². The van der Waals surface area contributed by atoms with Crippen LogP contribution in [0, 0.1) is 12.8 Å². The maximum absolute atomic E-state index is 4.71. The molecule has 4 aromatic heterocycles. The first kappa shape index (κ1) is 25.5. The van der Waals surface area contributed by atoms with Crippen molar-refractivity contribution in [2.24, 2.45) is 5.92 Å². The molecule has 1 saturated carbocycles. The number of hydrogen-bond acceptors (Lipinski definition) is 4. The number of nitrogens with one attached hydrogen (secondary N) is 3. The Morgan fingerprint density at radius 3 is 2.69 bits per heavy atom. The molecule has 0 aliphatic heterocycles. The highest BCUT2D eigenvalue weighted by Gasteiger charge is 2.16. The zero-order chi connectivity index (χ0) is 26.8. The molecule has 0 amide bonds. The first-order valence-corrected chi connectivity index (χ1v) is 14.7. The van der Waals surface area contributed by atoms with E-state index in [1.165, 1.54) is 46.6 Å². The van der Waals surface area contributed by atoms with Gasteiger partial charge in [0, 0.05) is 33.9 Å². The summed E-state index contributed by atoms with van der Waals surface area (Å²) in [5.74, 6) is 0.824. The molecule has 39 heavy (non-hydrogen) atoms. The molecule has 0 spiro atoms. The highest BCUT2D eigenvalue weighted by Crippen LogP contribution is 2.36. The van der Waals surface area contributed by atoms with E-state index < -0.39 is 0 Å². The molecule has 3 N–H and O–H groups in total. The molecule has 1 fully saturated rings. The molecule has 6 rings (SSSR count). The van der Waals surface area contributed by atoms with Crippen LogP contribution < -0.4 is 5.32 Å². The minimum Gasteiger partial charge on any atom is -0.353 e. The molecular formula is C33H35N5S. The number of aromatic amines is 2. The molecule has 6 heteroatoms. The average molecular weight is 534 g/mol. The molecule has 0 atom stereocenters. The second kappa shape index (κ2) is 11.2. The van der Waals surface area contributed by atoms with E-state index in [-0.39, 0.29) is 0 Å². The van der Waals surface area contributed by atoms with Crippen LogP contribution in [0.3, 0.4) is 0 Å². The van der Waals surface area contributed by atoms with Gasteiger partial charge in [0.25, 0.3) is 0 Å². The molecule has 0 bridgehead atoms. The van der Waals surface area contributed by atoms with E-state index in [9.17, 15) is 0 Å². The minimum atomic E-state index is 0.824. The Morgan fingerprint density at radius 1 is 1.08 bits per heavy atom. The summed E-state index contributed by atoms with van der Waals surface area (Å²) >= 11 is 1.77. The van der Waals surface area contributed by atoms with E-state index in [0.717, 1.165) is 63.5 Å². The van der Waals surface area contributed by atoms with Gasteiger partial charge in [-0.15, -0.1) is 11.3 Å². The van der Waals surface area contributed by atoms with Crippen LogP contribution in [0.5, 0.6) is 0 Å². The van der Waals surface area contributed by atoms with Gasteiger partial charge in [-0.1, -0.05) is 43.7 Å². The van der Waals surface area contributed by atoms with Gasteiger partial charge >= 0.3 is 0 Å². The number of benzene rings is 1. The quantitative estimate of drug-likeness (QED) is 0.167. The molecule has 198 valence electrons. The monoisotopic (exact) mass is 533 g/mol. The standard InChI is InChI=1S/C33H35N5S/c1-4-22(19-34-20-23-8-6-7-9-23)16-24(5-2)25-11-12-29-26(17-25)32(38-37-29)30-18-27-28(36-30)14-15-35-33(27)31-13-10-21(3)39-31/h4-5,10-18,23,34,36H,1,6-9,19-20H2,2-3H3,(H,37,38)/b22-16+,24-5+. The number of aromatic nitrogens is 4. The predicted molar refractivity (Wildman–Crippen MR) is 166 cm³/mol. The Labute approximate surface area is 233 Å². The lowest BCUT2D eigenvalue weighted by Crippen LogP contribution is -2.23. The fraction of sp³-hybridized carbons (Fsp3) is 0.273. The second-order valence-corrected chi connectivity index (χ2v) is 11.8. The van der Waals surface area contributed by atoms with Gasteiger partial charge in [-0.25, -0.2) is 0 Å². The number of H-pyrrole nitrogens is 2. The Balaban J connectivity index is 1.30.